The van der Waals surface area contributed by atoms with Gasteiger partial charge in [-0.25, -0.2) is 0 Å². The maximum absolute atomic E-state index is 11.9. The second-order valence-corrected chi connectivity index (χ2v) is 34.0. The average molecular weight is 1420 g/mol. The van der Waals surface area contributed by atoms with Crippen molar-refractivity contribution >= 4 is 132 Å². The number of hydrogen-bond donors (Lipinski definition) is 0. The Kier molecular flexibility index (Phi) is 14.5. The molecule has 522 valence electrons. The number of para-hydroxylation sites is 2. The molecule has 0 atom stereocenters. The number of benzene rings is 16. The molecular weight excluding hydrogens is 1330 g/mol. The van der Waals surface area contributed by atoms with E-state index in [1.165, 1.54) is 38.2 Å². The van der Waals surface area contributed by atoms with E-state index in [2.05, 4.69) is 392 Å². The van der Waals surface area contributed by atoms with Gasteiger partial charge in [0.05, 0.1) is 32.2 Å². The van der Waals surface area contributed by atoms with Crippen LogP contribution in [0.1, 0.15) is 83.1 Å². The predicted molar refractivity (Wildman–Crippen MR) is 471 cm³/mol. The molecule has 2 aliphatic rings. The highest BCUT2D eigenvalue weighted by molar-refractivity contribution is 7.33. The predicted octanol–water partition coefficient (Wildman–Crippen LogP) is 27.4. The topological polar surface area (TPSA) is 11.4 Å². The highest BCUT2D eigenvalue weighted by Crippen LogP contribution is 2.58. The van der Waals surface area contributed by atoms with Gasteiger partial charge in [-0.05, 0) is 193 Å². The summed E-state index contributed by atoms with van der Waals surface area (Å²) in [4.78, 5) is 5.09. The summed E-state index contributed by atoms with van der Waals surface area (Å²) in [5.41, 5.74) is 24.5. The van der Waals surface area contributed by atoms with E-state index in [1.54, 1.807) is 11.3 Å². The van der Waals surface area contributed by atoms with Crippen LogP contribution in [0.3, 0.4) is 0 Å². The molecule has 0 bridgehead atoms. The molecule has 4 heterocycles. The minimum atomic E-state index is -0.679. The Bertz CT molecular complexity index is 6690. The van der Waals surface area contributed by atoms with Crippen molar-refractivity contribution in [3.63, 3.8) is 0 Å². The van der Waals surface area contributed by atoms with Gasteiger partial charge in [-0.15, -0.1) is 11.3 Å². The molecule has 2 aliphatic heterocycles. The van der Waals surface area contributed by atoms with Crippen LogP contribution in [0, 0.1) is 0 Å². The zero-order chi connectivity index (χ0) is 76.4. The summed E-state index contributed by atoms with van der Waals surface area (Å²) >= 11 is 1.80. The van der Waals surface area contributed by atoms with Crippen molar-refractivity contribution in [1.82, 2.24) is 4.57 Å². The molecule has 0 fully saturated rings. The quantitative estimate of drug-likeness (QED) is 0.105. The first-order chi connectivity index (χ1) is 54.3. The van der Waals surface area contributed by atoms with Gasteiger partial charge in [0.25, 0.3) is 6.71 Å². The first-order valence-electron chi connectivity index (χ1n) is 39.8. The van der Waals surface area contributed by atoms with Gasteiger partial charge >= 0.3 is 0 Å². The van der Waals surface area contributed by atoms with Crippen molar-refractivity contribution in [2.45, 2.75) is 78.6 Å². The van der Waals surface area contributed by atoms with Gasteiger partial charge in [-0.1, -0.05) is 323 Å². The van der Waals surface area contributed by atoms with E-state index < -0.39 is 6.71 Å². The fourth-order valence-electron chi connectivity index (χ4n) is 17.6. The normalized spacial score (nSPS) is 13.3. The molecule has 3 nitrogen and oxygen atoms in total. The van der Waals surface area contributed by atoms with Crippen LogP contribution < -0.4 is 25.5 Å². The maximum Gasteiger partial charge on any atom is 0.264 e. The summed E-state index contributed by atoms with van der Waals surface area (Å²) < 4.78 is 38.8. The van der Waals surface area contributed by atoms with Crippen LogP contribution in [0.25, 0.3) is 137 Å². The summed E-state index contributed by atoms with van der Waals surface area (Å²) in [6, 6.07) is 116. The highest BCUT2D eigenvalue weighted by Gasteiger charge is 2.48. The van der Waals surface area contributed by atoms with E-state index >= 15 is 0 Å². The van der Waals surface area contributed by atoms with Gasteiger partial charge < -0.3 is 14.4 Å². The van der Waals surface area contributed by atoms with Gasteiger partial charge in [-0.3, -0.25) is 0 Å². The number of aromatic nitrogens is 1. The zero-order valence-electron chi connectivity index (χ0n) is 65.8. The molecule has 18 aromatic rings. The molecule has 0 spiro atoms. The number of fused-ring (bicyclic) bond motifs is 12. The van der Waals surface area contributed by atoms with Crippen molar-refractivity contribution in [1.29, 1.82) is 0 Å². The average Bonchev–Trinajstić information content (AvgIpc) is 1.22. The fourth-order valence-corrected chi connectivity index (χ4v) is 19.0. The lowest BCUT2D eigenvalue weighted by molar-refractivity contribution is 0.590. The molecular formula is C104H82BN3S. The number of anilines is 6. The lowest BCUT2D eigenvalue weighted by Crippen LogP contribution is -2.60. The van der Waals surface area contributed by atoms with Crippen LogP contribution in [-0.4, -0.2) is 11.3 Å². The van der Waals surface area contributed by atoms with E-state index in [0.717, 1.165) is 148 Å². The third kappa shape index (κ3) is 10.7. The van der Waals surface area contributed by atoms with E-state index in [-0.39, 0.29) is 34.4 Å². The first kappa shape index (κ1) is 62.9. The number of nitrogens with zero attached hydrogens (tertiary/aromatic N) is 3. The Balaban J connectivity index is 1.02. The molecule has 5 heteroatoms. The van der Waals surface area contributed by atoms with Gasteiger partial charge in [0.2, 0.25) is 0 Å². The summed E-state index contributed by atoms with van der Waals surface area (Å²) in [6.45, 7) is 20.1. The van der Waals surface area contributed by atoms with Crippen molar-refractivity contribution in [3.8, 4) is 72.4 Å². The van der Waals surface area contributed by atoms with Crippen LogP contribution >= 0.6 is 11.3 Å². The van der Waals surface area contributed by atoms with Gasteiger partial charge in [-0.2, -0.15) is 0 Å². The molecule has 109 heavy (non-hydrogen) atoms. The van der Waals surface area contributed by atoms with Gasteiger partial charge in [0.15, 0.2) is 0 Å². The molecule has 0 radical (unpaired) electrons. The maximum atomic E-state index is 11.9. The molecule has 0 amide bonds. The molecule has 0 aliphatic carbocycles. The Morgan fingerprint density at radius 1 is 0.312 bits per heavy atom. The number of thiophene rings is 1. The standard InChI is InChI=1S/C104H82BN3S/c1-102(2,3)72-50-52-84-95(63-72)109-101-100(84)108(99-87(67-36-18-12-19-37-67)61-74(104(7,8)9)62-88(99)68-38-20-13-21-39-68)94-58-71(76-53-54-83(80-45-27-26-44-79(76)80)96-77-42-24-22-40-69(77)56-70-41-23-25-43-78(70)96)57-93-97(94)105(101)89-55-51-75(106-90-48-30-28-46-81(90)82-47-29-31-49-91(82)106)64-92(89)107(93)98-85(65-32-14-10-15-33-65)59-73(103(4,5)6)60-86(98)66-34-16-11-17-35-66/h10-64H,1-9H3/i51D,55D,64D. The summed E-state index contributed by atoms with van der Waals surface area (Å²) in [5, 5.41) is 10.1. The molecule has 20 rings (SSSR count). The minimum absolute atomic E-state index is 0.00684. The van der Waals surface area contributed by atoms with E-state index in [9.17, 15) is 4.11 Å². The molecule has 16 aromatic carbocycles. The Hall–Kier alpha value is -12.3. The zero-order valence-corrected chi connectivity index (χ0v) is 63.7. The summed E-state index contributed by atoms with van der Waals surface area (Å²) in [7, 11) is 0. The Labute approximate surface area is 647 Å². The van der Waals surface area contributed by atoms with Crippen LogP contribution in [-0.2, 0) is 16.2 Å². The second kappa shape index (κ2) is 25.2. The van der Waals surface area contributed by atoms with E-state index in [4.69, 9.17) is 0 Å². The molecule has 0 saturated heterocycles. The van der Waals surface area contributed by atoms with Crippen LogP contribution in [0.4, 0.5) is 34.1 Å². The van der Waals surface area contributed by atoms with Gasteiger partial charge in [0, 0.05) is 70.6 Å². The van der Waals surface area contributed by atoms with Crippen LogP contribution in [0.2, 0.25) is 0 Å². The largest absolute Gasteiger partial charge is 0.310 e. The van der Waals surface area contributed by atoms with Crippen LogP contribution in [0.5, 0.6) is 0 Å². The van der Waals surface area contributed by atoms with Crippen molar-refractivity contribution in [2.75, 3.05) is 9.80 Å². The SMILES string of the molecule is [2H]c1c([2H])c(-n2c3ccccc3c3ccccc32)c([2H])c2c1B1c3sc4cc(C(C)(C)C)ccc4c3N(c3c(-c4ccccc4)cc(C(C)(C)C)cc3-c3ccccc3)c3cc(-c4ccc(-c5c6ccccc6cc6ccccc56)c5ccccc45)cc(c31)N2c1c(-c2ccccc2)cc(C(C)(C)C)cc1-c1ccccc1. The lowest BCUT2D eigenvalue weighted by Gasteiger charge is -2.45. The second-order valence-electron chi connectivity index (χ2n) is 32.9. The van der Waals surface area contributed by atoms with Crippen molar-refractivity contribution in [2.24, 2.45) is 0 Å². The third-order valence-electron chi connectivity index (χ3n) is 23.1. The molecule has 2 aromatic heterocycles. The third-order valence-corrected chi connectivity index (χ3v) is 24.3. The van der Waals surface area contributed by atoms with E-state index in [1.807, 2.05) is 0 Å². The number of hydrogen-bond acceptors (Lipinski definition) is 3. The molecule has 0 saturated carbocycles. The Morgan fingerprint density at radius 3 is 1.21 bits per heavy atom. The fraction of sp³-hybridized carbons (Fsp3) is 0.115. The highest BCUT2D eigenvalue weighted by atomic mass is 32.1. The first-order valence-corrected chi connectivity index (χ1v) is 39.1. The summed E-state index contributed by atoms with van der Waals surface area (Å²) in [6.07, 6.45) is 0. The summed E-state index contributed by atoms with van der Waals surface area (Å²) in [5.74, 6) is 0. The van der Waals surface area contributed by atoms with Crippen molar-refractivity contribution < 1.29 is 4.11 Å². The number of rotatable bonds is 9. The van der Waals surface area contributed by atoms with Gasteiger partial charge in [0.1, 0.15) is 0 Å². The molecule has 0 unspecified atom stereocenters. The van der Waals surface area contributed by atoms with Crippen molar-refractivity contribution in [3.05, 3.63) is 350 Å². The van der Waals surface area contributed by atoms with E-state index in [0.29, 0.717) is 16.8 Å². The Morgan fingerprint density at radius 2 is 0.725 bits per heavy atom. The smallest absolute Gasteiger partial charge is 0.264 e. The molecule has 0 N–H and O–H groups in total. The lowest BCUT2D eigenvalue weighted by atomic mass is 9.36. The minimum Gasteiger partial charge on any atom is -0.310 e. The monoisotopic (exact) mass is 1420 g/mol. The van der Waals surface area contributed by atoms with Crippen LogP contribution in [0.15, 0.2) is 334 Å².